The van der Waals surface area contributed by atoms with Gasteiger partial charge in [-0.15, -0.1) is 0 Å². The van der Waals surface area contributed by atoms with Crippen molar-refractivity contribution in [3.63, 3.8) is 0 Å². The van der Waals surface area contributed by atoms with Crippen LogP contribution in [0.2, 0.25) is 0 Å². The summed E-state index contributed by atoms with van der Waals surface area (Å²) >= 11 is 1.21. The van der Waals surface area contributed by atoms with E-state index in [1.165, 1.54) is 16.9 Å². The fourth-order valence-electron chi connectivity index (χ4n) is 1.28. The summed E-state index contributed by atoms with van der Waals surface area (Å²) in [5.41, 5.74) is 1.26. The number of nitrogens with zero attached hydrogens (tertiary/aromatic N) is 1. The van der Waals surface area contributed by atoms with Gasteiger partial charge in [-0.2, -0.15) is 0 Å². The maximum Gasteiger partial charge on any atom is 0.324 e. The highest BCUT2D eigenvalue weighted by Crippen LogP contribution is 2.26. The molecule has 1 aromatic rings. The van der Waals surface area contributed by atoms with E-state index in [1.54, 1.807) is 12.1 Å². The third-order valence-electron chi connectivity index (χ3n) is 2.20. The summed E-state index contributed by atoms with van der Waals surface area (Å²) in [5, 5.41) is 14.0. The van der Waals surface area contributed by atoms with Crippen LogP contribution >= 0.6 is 11.3 Å². The maximum atomic E-state index is 10.5. The SMILES string of the molecule is CCNC/C(=C/c1ccc([N+](=O)[O-])s1)CC. The largest absolute Gasteiger partial charge is 0.324 e. The molecule has 0 bridgehead atoms. The summed E-state index contributed by atoms with van der Waals surface area (Å²) in [5.74, 6) is 0. The van der Waals surface area contributed by atoms with E-state index in [9.17, 15) is 10.1 Å². The zero-order valence-electron chi connectivity index (χ0n) is 9.53. The van der Waals surface area contributed by atoms with Crippen LogP contribution in [0, 0.1) is 10.1 Å². The molecular formula is C11H16N2O2S. The number of likely N-dealkylation sites (N-methyl/N-ethyl adjacent to an activating group) is 1. The first-order chi connectivity index (χ1) is 7.67. The molecule has 0 aliphatic heterocycles. The van der Waals surface area contributed by atoms with Crippen molar-refractivity contribution in [2.45, 2.75) is 20.3 Å². The van der Waals surface area contributed by atoms with E-state index >= 15 is 0 Å². The topological polar surface area (TPSA) is 55.2 Å². The molecule has 16 heavy (non-hydrogen) atoms. The van der Waals surface area contributed by atoms with Gasteiger partial charge in [-0.3, -0.25) is 10.1 Å². The second kappa shape index (κ2) is 6.40. The van der Waals surface area contributed by atoms with Crippen molar-refractivity contribution in [3.05, 3.63) is 32.7 Å². The minimum Gasteiger partial charge on any atom is -0.313 e. The van der Waals surface area contributed by atoms with Crippen LogP contribution in [0.4, 0.5) is 5.00 Å². The van der Waals surface area contributed by atoms with Crippen LogP contribution in [0.1, 0.15) is 25.1 Å². The third kappa shape index (κ3) is 3.75. The average molecular weight is 240 g/mol. The van der Waals surface area contributed by atoms with Gasteiger partial charge in [-0.25, -0.2) is 0 Å². The highest BCUT2D eigenvalue weighted by Gasteiger charge is 2.08. The molecule has 0 atom stereocenters. The standard InChI is InChI=1S/C11H16N2O2S/c1-3-9(8-12-4-2)7-10-5-6-11(16-10)13(14)15/h5-7,12H,3-4,8H2,1-2H3/b9-7+. The molecule has 0 amide bonds. The van der Waals surface area contributed by atoms with Crippen molar-refractivity contribution in [2.24, 2.45) is 0 Å². The summed E-state index contributed by atoms with van der Waals surface area (Å²) in [4.78, 5) is 11.1. The Morgan fingerprint density at radius 3 is 2.81 bits per heavy atom. The van der Waals surface area contributed by atoms with E-state index in [1.807, 2.05) is 6.08 Å². The maximum absolute atomic E-state index is 10.5. The van der Waals surface area contributed by atoms with Crippen molar-refractivity contribution < 1.29 is 4.92 Å². The average Bonchev–Trinajstić information content (AvgIpc) is 2.72. The van der Waals surface area contributed by atoms with Gasteiger partial charge in [0.1, 0.15) is 0 Å². The summed E-state index contributed by atoms with van der Waals surface area (Å²) in [6.45, 7) is 5.93. The van der Waals surface area contributed by atoms with Gasteiger partial charge in [0.2, 0.25) is 0 Å². The summed E-state index contributed by atoms with van der Waals surface area (Å²) in [6.07, 6.45) is 2.99. The molecule has 0 saturated heterocycles. The first kappa shape index (κ1) is 12.9. The van der Waals surface area contributed by atoms with Gasteiger partial charge in [0.15, 0.2) is 0 Å². The molecule has 1 rings (SSSR count). The Morgan fingerprint density at radius 2 is 2.31 bits per heavy atom. The van der Waals surface area contributed by atoms with Crippen LogP contribution in [-0.4, -0.2) is 18.0 Å². The number of thiophene rings is 1. The zero-order chi connectivity index (χ0) is 12.0. The number of hydrogen-bond acceptors (Lipinski definition) is 4. The highest BCUT2D eigenvalue weighted by atomic mass is 32.1. The second-order valence-corrected chi connectivity index (χ2v) is 4.46. The lowest BCUT2D eigenvalue weighted by Gasteiger charge is -2.03. The molecule has 0 aliphatic carbocycles. The minimum absolute atomic E-state index is 0.199. The van der Waals surface area contributed by atoms with Crippen LogP contribution in [-0.2, 0) is 0 Å². The molecule has 0 radical (unpaired) electrons. The number of rotatable bonds is 6. The predicted octanol–water partition coefficient (Wildman–Crippen LogP) is 3.06. The van der Waals surface area contributed by atoms with Crippen LogP contribution in [0.3, 0.4) is 0 Å². The van der Waals surface area contributed by atoms with E-state index in [4.69, 9.17) is 0 Å². The van der Waals surface area contributed by atoms with Crippen molar-refractivity contribution in [1.29, 1.82) is 0 Å². The minimum atomic E-state index is -0.349. The Hall–Kier alpha value is -1.20. The van der Waals surface area contributed by atoms with E-state index < -0.39 is 0 Å². The van der Waals surface area contributed by atoms with Crippen molar-refractivity contribution in [1.82, 2.24) is 5.32 Å². The normalized spacial score (nSPS) is 11.8. The Labute approximate surface area is 99.1 Å². The van der Waals surface area contributed by atoms with Crippen molar-refractivity contribution >= 4 is 22.4 Å². The molecule has 0 aromatic carbocycles. The lowest BCUT2D eigenvalue weighted by atomic mass is 10.2. The number of nitro groups is 1. The van der Waals surface area contributed by atoms with Crippen LogP contribution in [0.25, 0.3) is 6.08 Å². The van der Waals surface area contributed by atoms with E-state index in [0.717, 1.165) is 24.4 Å². The Balaban J connectivity index is 2.74. The third-order valence-corrected chi connectivity index (χ3v) is 3.18. The molecule has 0 unspecified atom stereocenters. The van der Waals surface area contributed by atoms with Gasteiger partial charge in [0.05, 0.1) is 4.92 Å². The molecular weight excluding hydrogens is 224 g/mol. The second-order valence-electron chi connectivity index (χ2n) is 3.37. The first-order valence-corrected chi connectivity index (χ1v) is 6.13. The monoisotopic (exact) mass is 240 g/mol. The number of nitrogens with one attached hydrogen (secondary N) is 1. The quantitative estimate of drug-likeness (QED) is 0.614. The molecule has 0 aliphatic rings. The molecule has 0 saturated carbocycles. The Kier molecular flexibility index (Phi) is 5.14. The fraction of sp³-hybridized carbons (Fsp3) is 0.455. The fourth-order valence-corrected chi connectivity index (χ4v) is 2.10. The summed E-state index contributed by atoms with van der Waals surface area (Å²) < 4.78 is 0. The molecule has 4 nitrogen and oxygen atoms in total. The molecule has 88 valence electrons. The van der Waals surface area contributed by atoms with Crippen molar-refractivity contribution in [3.8, 4) is 0 Å². The smallest absolute Gasteiger partial charge is 0.313 e. The molecule has 1 aromatic heterocycles. The van der Waals surface area contributed by atoms with E-state index in [0.29, 0.717) is 0 Å². The van der Waals surface area contributed by atoms with Crippen molar-refractivity contribution in [2.75, 3.05) is 13.1 Å². The van der Waals surface area contributed by atoms with Crippen LogP contribution < -0.4 is 5.32 Å². The van der Waals surface area contributed by atoms with Gasteiger partial charge >= 0.3 is 5.00 Å². The van der Waals surface area contributed by atoms with Gasteiger partial charge < -0.3 is 5.32 Å². The van der Waals surface area contributed by atoms with Gasteiger partial charge in [-0.1, -0.05) is 30.8 Å². The van der Waals surface area contributed by atoms with Gasteiger partial charge in [0, 0.05) is 17.5 Å². The Bertz CT molecular complexity index is 385. The highest BCUT2D eigenvalue weighted by molar-refractivity contribution is 7.16. The van der Waals surface area contributed by atoms with E-state index in [2.05, 4.69) is 19.2 Å². The molecule has 1 heterocycles. The predicted molar refractivity (Wildman–Crippen MR) is 67.8 cm³/mol. The van der Waals surface area contributed by atoms with Gasteiger partial charge in [0.25, 0.3) is 0 Å². The van der Waals surface area contributed by atoms with Crippen LogP contribution in [0.5, 0.6) is 0 Å². The molecule has 0 spiro atoms. The first-order valence-electron chi connectivity index (χ1n) is 5.31. The summed E-state index contributed by atoms with van der Waals surface area (Å²) in [7, 11) is 0. The Morgan fingerprint density at radius 1 is 1.56 bits per heavy atom. The van der Waals surface area contributed by atoms with Crippen LogP contribution in [0.15, 0.2) is 17.7 Å². The molecule has 1 N–H and O–H groups in total. The van der Waals surface area contributed by atoms with Gasteiger partial charge in [-0.05, 0) is 25.1 Å². The molecule has 5 heteroatoms. The molecule has 0 fully saturated rings. The van der Waals surface area contributed by atoms with E-state index in [-0.39, 0.29) is 9.92 Å². The zero-order valence-corrected chi connectivity index (χ0v) is 10.3. The lowest BCUT2D eigenvalue weighted by molar-refractivity contribution is -0.380. The number of hydrogen-bond donors (Lipinski definition) is 1. The lowest BCUT2D eigenvalue weighted by Crippen LogP contribution is -2.15. The summed E-state index contributed by atoms with van der Waals surface area (Å²) in [6, 6.07) is 3.35.